The second-order valence-electron chi connectivity index (χ2n) is 8.16. The third-order valence-corrected chi connectivity index (χ3v) is 8.78. The third-order valence-electron chi connectivity index (χ3n) is 5.39. The Morgan fingerprint density at radius 1 is 0.795 bits per heavy atom. The van der Waals surface area contributed by atoms with Gasteiger partial charge in [-0.2, -0.15) is 16.8 Å². The topological polar surface area (TPSA) is 200 Å². The Hall–Kier alpha value is -3.60. The number of fused-ring (bicyclic) bond motifs is 1. The molecule has 0 heterocycles. The van der Waals surface area contributed by atoms with Crippen molar-refractivity contribution >= 4 is 69.7 Å². The number of hydrogen-bond acceptors (Lipinski definition) is 9. The molecule has 0 atom stereocenters. The van der Waals surface area contributed by atoms with Gasteiger partial charge >= 0.3 is 0 Å². The molecule has 0 aliphatic carbocycles. The summed E-state index contributed by atoms with van der Waals surface area (Å²) in [6.45, 7) is 1.73. The van der Waals surface area contributed by atoms with E-state index in [0.29, 0.717) is 0 Å². The maximum atomic E-state index is 13.1. The van der Waals surface area contributed by atoms with Crippen LogP contribution >= 0.6 is 11.6 Å². The van der Waals surface area contributed by atoms with Gasteiger partial charge in [0.05, 0.1) is 25.9 Å². The molecule has 4 aromatic carbocycles. The van der Waals surface area contributed by atoms with Gasteiger partial charge in [-0.05, 0) is 54.8 Å². The van der Waals surface area contributed by atoms with Crippen molar-refractivity contribution in [3.05, 3.63) is 77.3 Å². The van der Waals surface area contributed by atoms with Gasteiger partial charge in [0.25, 0.3) is 30.3 Å². The zero-order chi connectivity index (χ0) is 28.8. The first kappa shape index (κ1) is 28.4. The quantitative estimate of drug-likeness (QED) is 0.160. The van der Waals surface area contributed by atoms with Crippen LogP contribution < -0.4 is 4.72 Å². The van der Waals surface area contributed by atoms with Crippen LogP contribution in [-0.2, 0) is 30.3 Å². The van der Waals surface area contributed by atoms with Gasteiger partial charge in [0.15, 0.2) is 5.75 Å². The van der Waals surface area contributed by atoms with Gasteiger partial charge in [-0.3, -0.25) is 13.8 Å². The molecule has 0 saturated carbocycles. The van der Waals surface area contributed by atoms with Crippen LogP contribution in [0, 0.1) is 6.92 Å². The number of rotatable bonds is 7. The number of halogens is 1. The van der Waals surface area contributed by atoms with Crippen molar-refractivity contribution in [2.75, 3.05) is 4.72 Å². The molecule has 0 unspecified atom stereocenters. The number of sulfonamides is 1. The number of aromatic hydroxyl groups is 1. The molecule has 0 aromatic heterocycles. The lowest BCUT2D eigenvalue weighted by molar-refractivity contribution is 0.472. The van der Waals surface area contributed by atoms with E-state index in [9.17, 15) is 39.5 Å². The van der Waals surface area contributed by atoms with Crippen molar-refractivity contribution in [2.45, 2.75) is 21.6 Å². The average molecular weight is 612 g/mol. The summed E-state index contributed by atoms with van der Waals surface area (Å²) in [4.78, 5) is -2.03. The van der Waals surface area contributed by atoms with E-state index in [4.69, 9.17) is 11.6 Å². The Labute approximate surface area is 228 Å². The molecule has 0 spiro atoms. The summed E-state index contributed by atoms with van der Waals surface area (Å²) >= 11 is 6.04. The molecule has 0 saturated heterocycles. The summed E-state index contributed by atoms with van der Waals surface area (Å²) in [5.41, 5.74) is -0.506. The molecule has 39 heavy (non-hydrogen) atoms. The number of nitrogens with zero attached hydrogens (tertiary/aromatic N) is 2. The lowest BCUT2D eigenvalue weighted by Crippen LogP contribution is -2.14. The molecule has 0 bridgehead atoms. The van der Waals surface area contributed by atoms with Crippen LogP contribution in [-0.4, -0.2) is 39.5 Å². The maximum Gasteiger partial charge on any atom is 0.296 e. The molecule has 0 aliphatic rings. The number of nitrogens with one attached hydrogen (secondary N) is 1. The van der Waals surface area contributed by atoms with Crippen LogP contribution in [0.2, 0.25) is 5.02 Å². The number of phenols is 1. The van der Waals surface area contributed by atoms with Crippen molar-refractivity contribution in [1.82, 2.24) is 0 Å². The van der Waals surface area contributed by atoms with Gasteiger partial charge in [0.2, 0.25) is 0 Å². The van der Waals surface area contributed by atoms with Crippen LogP contribution in [0.15, 0.2) is 91.6 Å². The van der Waals surface area contributed by atoms with E-state index in [2.05, 4.69) is 15.0 Å². The maximum absolute atomic E-state index is 13.1. The van der Waals surface area contributed by atoms with E-state index in [1.807, 2.05) is 0 Å². The monoisotopic (exact) mass is 611 g/mol. The second kappa shape index (κ2) is 10.2. The van der Waals surface area contributed by atoms with E-state index >= 15 is 0 Å². The van der Waals surface area contributed by atoms with Crippen LogP contribution in [0.1, 0.15) is 5.56 Å². The molecule has 16 heteroatoms. The van der Waals surface area contributed by atoms with Gasteiger partial charge in [-0.25, -0.2) is 8.42 Å². The second-order valence-corrected chi connectivity index (χ2v) is 13.1. The first-order chi connectivity index (χ1) is 18.1. The fourth-order valence-electron chi connectivity index (χ4n) is 3.54. The van der Waals surface area contributed by atoms with Crippen molar-refractivity contribution < 1.29 is 39.5 Å². The summed E-state index contributed by atoms with van der Waals surface area (Å²) in [5.74, 6) is -0.973. The average Bonchev–Trinajstić information content (AvgIpc) is 2.82. The summed E-state index contributed by atoms with van der Waals surface area (Å²) in [5, 5.41) is 18.0. The first-order valence-electron chi connectivity index (χ1n) is 10.6. The van der Waals surface area contributed by atoms with E-state index in [1.54, 1.807) is 19.1 Å². The fourth-order valence-corrected chi connectivity index (χ4v) is 5.98. The molecule has 4 rings (SSSR count). The van der Waals surface area contributed by atoms with E-state index in [0.717, 1.165) is 23.8 Å². The molecular formula is C23H18ClN3O9S3. The SMILES string of the molecule is Cc1ccc(S(=O)(=O)Nc2cc(S(=O)(=O)O)cc3cc(S(=O)(=O)O)c(N=Nc4ccccc4Cl)c(O)c23)cc1. The van der Waals surface area contributed by atoms with Crippen LogP contribution in [0.5, 0.6) is 5.75 Å². The first-order valence-corrected chi connectivity index (χ1v) is 15.4. The molecule has 4 N–H and O–H groups in total. The molecule has 12 nitrogen and oxygen atoms in total. The summed E-state index contributed by atoms with van der Waals surface area (Å²) in [6.07, 6.45) is 0. The predicted molar refractivity (Wildman–Crippen MR) is 143 cm³/mol. The molecular weight excluding hydrogens is 594 g/mol. The molecule has 0 fully saturated rings. The number of phenolic OH excluding ortho intramolecular Hbond substituents is 1. The number of aryl methyl sites for hydroxylation is 1. The van der Waals surface area contributed by atoms with Crippen LogP contribution in [0.3, 0.4) is 0 Å². The fraction of sp³-hybridized carbons (Fsp3) is 0.0435. The van der Waals surface area contributed by atoms with Crippen molar-refractivity contribution in [3.8, 4) is 5.75 Å². The smallest absolute Gasteiger partial charge is 0.296 e. The van der Waals surface area contributed by atoms with Crippen molar-refractivity contribution in [1.29, 1.82) is 0 Å². The normalized spacial score (nSPS) is 12.7. The summed E-state index contributed by atoms with van der Waals surface area (Å²) < 4.78 is 96.0. The highest BCUT2D eigenvalue weighted by molar-refractivity contribution is 7.92. The Bertz CT molecular complexity index is 1980. The lowest BCUT2D eigenvalue weighted by atomic mass is 10.1. The number of hydrogen-bond donors (Lipinski definition) is 4. The highest BCUT2D eigenvalue weighted by atomic mass is 35.5. The highest BCUT2D eigenvalue weighted by Crippen LogP contribution is 2.45. The van der Waals surface area contributed by atoms with Crippen molar-refractivity contribution in [2.24, 2.45) is 10.2 Å². The third kappa shape index (κ3) is 6.03. The zero-order valence-corrected chi connectivity index (χ0v) is 22.8. The Kier molecular flexibility index (Phi) is 7.41. The molecule has 204 valence electrons. The van der Waals surface area contributed by atoms with Gasteiger partial charge in [0.1, 0.15) is 16.3 Å². The largest absolute Gasteiger partial charge is 0.505 e. The van der Waals surface area contributed by atoms with Crippen LogP contribution in [0.4, 0.5) is 17.1 Å². The molecule has 0 amide bonds. The number of azo groups is 1. The van der Waals surface area contributed by atoms with E-state index in [-0.39, 0.29) is 21.0 Å². The molecule has 0 aliphatic heterocycles. The van der Waals surface area contributed by atoms with E-state index in [1.165, 1.54) is 36.4 Å². The summed E-state index contributed by atoms with van der Waals surface area (Å²) in [7, 11) is -14.4. The minimum absolute atomic E-state index is 0.0713. The minimum Gasteiger partial charge on any atom is -0.505 e. The van der Waals surface area contributed by atoms with Gasteiger partial charge in [-0.15, -0.1) is 10.2 Å². The number of anilines is 1. The van der Waals surface area contributed by atoms with Gasteiger partial charge in [0, 0.05) is 0 Å². The van der Waals surface area contributed by atoms with E-state index < -0.39 is 62.6 Å². The molecule has 0 radical (unpaired) electrons. The predicted octanol–water partition coefficient (Wildman–Crippen LogP) is 5.22. The standard InChI is InChI=1S/C23H18ClN3O9S3/c1-13-6-8-15(9-7-13)37(29,30)27-19-12-16(38(31,32)33)10-14-11-20(39(34,35)36)22(23(28)21(14)19)26-25-18-5-3-2-4-17(18)24/h2-12,27-28H,1H3,(H,31,32,33)(H,34,35,36). The Morgan fingerprint density at radius 3 is 2.03 bits per heavy atom. The van der Waals surface area contributed by atoms with Gasteiger partial charge in [-0.1, -0.05) is 41.4 Å². The number of benzene rings is 4. The van der Waals surface area contributed by atoms with Gasteiger partial charge < -0.3 is 5.11 Å². The Morgan fingerprint density at radius 2 is 1.44 bits per heavy atom. The Balaban J connectivity index is 2.04. The minimum atomic E-state index is -5.10. The summed E-state index contributed by atoms with van der Waals surface area (Å²) in [6, 6.07) is 13.9. The highest BCUT2D eigenvalue weighted by Gasteiger charge is 2.27. The van der Waals surface area contributed by atoms with Crippen molar-refractivity contribution in [3.63, 3.8) is 0 Å². The molecule has 4 aromatic rings. The lowest BCUT2D eigenvalue weighted by Gasteiger charge is -2.16. The zero-order valence-electron chi connectivity index (χ0n) is 19.6. The van der Waals surface area contributed by atoms with Crippen LogP contribution in [0.25, 0.3) is 10.8 Å².